The molecular formula is C48H54Cl4N10O5Si2. The molecule has 9 aromatic rings. The molecular weight excluding hydrogens is 995 g/mol. The molecule has 0 saturated heterocycles. The summed E-state index contributed by atoms with van der Waals surface area (Å²) in [6.07, 6.45) is 7.60. The molecule has 21 heteroatoms. The number of aromatic nitrogens is 10. The number of fused-ring (bicyclic) bond motifs is 4. The minimum absolute atomic E-state index is 0.0364. The van der Waals surface area contributed by atoms with Crippen LogP contribution in [0.4, 0.5) is 0 Å². The smallest absolute Gasteiger partial charge is 0.261 e. The van der Waals surface area contributed by atoms with E-state index in [9.17, 15) is 4.79 Å². The summed E-state index contributed by atoms with van der Waals surface area (Å²) in [6, 6.07) is 17.5. The Morgan fingerprint density at radius 2 is 1.13 bits per heavy atom. The van der Waals surface area contributed by atoms with Gasteiger partial charge in [0, 0.05) is 101 Å². The fourth-order valence-electron chi connectivity index (χ4n) is 7.73. The highest BCUT2D eigenvalue weighted by atomic mass is 35.5. The number of hydrogen-bond acceptors (Lipinski definition) is 10. The van der Waals surface area contributed by atoms with E-state index in [4.69, 9.17) is 65.4 Å². The Morgan fingerprint density at radius 1 is 0.623 bits per heavy atom. The molecule has 69 heavy (non-hydrogen) atoms. The van der Waals surface area contributed by atoms with Gasteiger partial charge in [-0.05, 0) is 65.1 Å². The molecule has 15 nitrogen and oxygen atoms in total. The molecule has 0 atom stereocenters. The summed E-state index contributed by atoms with van der Waals surface area (Å²) in [5, 5.41) is 13.0. The van der Waals surface area contributed by atoms with Crippen LogP contribution in [0.2, 0.25) is 72.0 Å². The molecule has 6 heterocycles. The highest BCUT2D eigenvalue weighted by Gasteiger charge is 2.24. The van der Waals surface area contributed by atoms with E-state index in [0.717, 1.165) is 61.9 Å². The monoisotopic (exact) mass is 1050 g/mol. The molecule has 0 aliphatic rings. The molecule has 6 aromatic heterocycles. The highest BCUT2D eigenvalue weighted by molar-refractivity contribution is 6.76. The zero-order chi connectivity index (χ0) is 49.4. The fraction of sp³-hybridized carbons (Fsp3) is 0.333. The maximum absolute atomic E-state index is 12.8. The summed E-state index contributed by atoms with van der Waals surface area (Å²) in [6.45, 7) is 16.1. The molecule has 0 saturated carbocycles. The zero-order valence-corrected chi connectivity index (χ0v) is 45.0. The topological polar surface area (TPSA) is 154 Å². The van der Waals surface area contributed by atoms with Gasteiger partial charge in [0.05, 0.1) is 39.0 Å². The second kappa shape index (κ2) is 20.6. The van der Waals surface area contributed by atoms with Gasteiger partial charge in [0.2, 0.25) is 16.4 Å². The number of nitrogens with zero attached hydrogens (tertiary/aromatic N) is 9. The Morgan fingerprint density at radius 3 is 1.64 bits per heavy atom. The van der Waals surface area contributed by atoms with Crippen LogP contribution in [0, 0.1) is 0 Å². The molecule has 0 spiro atoms. The molecule has 0 fully saturated rings. The Kier molecular flexibility index (Phi) is 15.0. The van der Waals surface area contributed by atoms with Crippen LogP contribution in [0.1, 0.15) is 5.56 Å². The summed E-state index contributed by atoms with van der Waals surface area (Å²) in [4.78, 5) is 28.7. The normalized spacial score (nSPS) is 12.1. The lowest BCUT2D eigenvalue weighted by atomic mass is 10.0. The second-order valence-corrected chi connectivity index (χ2v) is 31.9. The lowest BCUT2D eigenvalue weighted by Crippen LogP contribution is -2.22. The zero-order valence-electron chi connectivity index (χ0n) is 40.0. The molecule has 9 rings (SSSR count). The predicted octanol–water partition coefficient (Wildman–Crippen LogP) is 12.1. The summed E-state index contributed by atoms with van der Waals surface area (Å²) in [7, 11) is 2.93. The summed E-state index contributed by atoms with van der Waals surface area (Å²) < 4.78 is 30.7. The lowest BCUT2D eigenvalue weighted by molar-refractivity contribution is 0.0898. The third-order valence-corrected chi connectivity index (χ3v) is 16.0. The predicted molar refractivity (Wildman–Crippen MR) is 283 cm³/mol. The number of methoxy groups -OCH3 is 1. The van der Waals surface area contributed by atoms with Crippen LogP contribution in [0.5, 0.6) is 11.6 Å². The number of H-pyrrole nitrogens is 1. The third kappa shape index (κ3) is 11.5. The average molecular weight is 1050 g/mol. The van der Waals surface area contributed by atoms with E-state index in [1.165, 1.54) is 0 Å². The van der Waals surface area contributed by atoms with E-state index >= 15 is 0 Å². The second-order valence-electron chi connectivity index (χ2n) is 19.2. The van der Waals surface area contributed by atoms with Crippen molar-refractivity contribution < 1.29 is 18.9 Å². The molecule has 0 unspecified atom stereocenters. The summed E-state index contributed by atoms with van der Waals surface area (Å²) in [5.41, 5.74) is 6.41. The van der Waals surface area contributed by atoms with Gasteiger partial charge < -0.3 is 28.1 Å². The Bertz CT molecular complexity index is 3370. The summed E-state index contributed by atoms with van der Waals surface area (Å²) >= 11 is 26.1. The van der Waals surface area contributed by atoms with Crippen molar-refractivity contribution >= 4 is 106 Å². The van der Waals surface area contributed by atoms with Gasteiger partial charge in [-0.3, -0.25) is 19.1 Å². The van der Waals surface area contributed by atoms with Crippen molar-refractivity contribution in [1.82, 2.24) is 48.6 Å². The quantitative estimate of drug-likeness (QED) is 0.0562. The fourth-order valence-corrected chi connectivity index (χ4v) is 10.2. The Hall–Kier alpha value is -5.25. The molecule has 0 aliphatic heterocycles. The van der Waals surface area contributed by atoms with Gasteiger partial charge in [-0.25, -0.2) is 4.98 Å². The van der Waals surface area contributed by atoms with Gasteiger partial charge in [-0.15, -0.1) is 0 Å². The largest absolute Gasteiger partial charge is 0.497 e. The molecule has 362 valence electrons. The van der Waals surface area contributed by atoms with E-state index in [2.05, 4.69) is 69.4 Å². The van der Waals surface area contributed by atoms with Gasteiger partial charge in [0.15, 0.2) is 11.3 Å². The highest BCUT2D eigenvalue weighted by Crippen LogP contribution is 2.42. The van der Waals surface area contributed by atoms with Gasteiger partial charge >= 0.3 is 0 Å². The number of rotatable bonds is 16. The van der Waals surface area contributed by atoms with Crippen LogP contribution in [0.15, 0.2) is 78.1 Å². The third-order valence-electron chi connectivity index (χ3n) is 11.4. The van der Waals surface area contributed by atoms with Gasteiger partial charge in [-0.2, -0.15) is 20.2 Å². The molecule has 0 bridgehead atoms. The first-order valence-electron chi connectivity index (χ1n) is 22.3. The minimum atomic E-state index is -1.23. The Balaban J connectivity index is 0.000000192. The minimum Gasteiger partial charge on any atom is -0.497 e. The van der Waals surface area contributed by atoms with Crippen molar-refractivity contribution in [2.45, 2.75) is 71.4 Å². The SMILES string of the molecule is COc1ccc(COc2nc(Cl)nc3c2c(-c2ccc4nn(C)cc4c2Cl)cn3COCC[Si](C)(C)C)cc1.Cn1cc2c(Cl)c(-c3cn(COCC[Si](C)(C)C)c4nc(Cl)[nH]c(=O)c34)ccc2n1. The van der Waals surface area contributed by atoms with Crippen LogP contribution >= 0.6 is 46.4 Å². The van der Waals surface area contributed by atoms with Crippen molar-refractivity contribution in [1.29, 1.82) is 0 Å². The first-order valence-corrected chi connectivity index (χ1v) is 31.2. The average Bonchev–Trinajstić information content (AvgIpc) is 4.06. The number of benzene rings is 3. The molecule has 0 aliphatic carbocycles. The van der Waals surface area contributed by atoms with Crippen molar-refractivity contribution in [3.63, 3.8) is 0 Å². The van der Waals surface area contributed by atoms with Crippen molar-refractivity contribution in [2.75, 3.05) is 20.3 Å². The number of aromatic amines is 1. The molecule has 0 amide bonds. The van der Waals surface area contributed by atoms with Crippen molar-refractivity contribution in [2.24, 2.45) is 14.1 Å². The van der Waals surface area contributed by atoms with Crippen LogP contribution in [0.3, 0.4) is 0 Å². The van der Waals surface area contributed by atoms with E-state index in [1.54, 1.807) is 21.0 Å². The van der Waals surface area contributed by atoms with Crippen molar-refractivity contribution in [3.05, 3.63) is 110 Å². The van der Waals surface area contributed by atoms with E-state index in [-0.39, 0.29) is 22.9 Å². The van der Waals surface area contributed by atoms with E-state index in [1.807, 2.05) is 92.0 Å². The molecule has 3 aromatic carbocycles. The van der Waals surface area contributed by atoms with Crippen LogP contribution in [-0.2, 0) is 43.6 Å². The van der Waals surface area contributed by atoms with Gasteiger partial charge in [0.25, 0.3) is 5.56 Å². The number of halogens is 4. The number of nitrogens with one attached hydrogen (secondary N) is 1. The van der Waals surface area contributed by atoms with E-state index in [0.29, 0.717) is 70.1 Å². The Labute approximate surface area is 421 Å². The maximum Gasteiger partial charge on any atom is 0.261 e. The van der Waals surface area contributed by atoms with Crippen LogP contribution in [-0.4, -0.2) is 85.1 Å². The standard InChI is InChI=1S/C28H31Cl2N5O3Si.C20H23Cl2N5O2Si/c1-34-14-22-23(33-34)11-10-20(25(22)29)21-15-35(17-37-12-13-39(3,4)5)26-24(21)27(32-28(30)31-26)38-16-18-6-8-19(36-2)9-7-18;1-26-9-14-15(25-26)6-5-12(17(14)21)13-10-27(11-29-7-8-30(2,3)4)18-16(13)19(28)24-20(22)23-18/h6-11,14-15H,12-13,16-17H2,1-5H3;5-6,9-10H,7-8,11H2,1-4H3,(H,23,24,28). The first kappa shape index (κ1) is 50.2. The van der Waals surface area contributed by atoms with Crippen molar-refractivity contribution in [3.8, 4) is 33.9 Å². The molecule has 1 N–H and O–H groups in total. The number of ether oxygens (including phenoxy) is 4. The maximum atomic E-state index is 12.8. The van der Waals surface area contributed by atoms with Crippen LogP contribution < -0.4 is 15.0 Å². The number of hydrogen-bond donors (Lipinski definition) is 1. The summed E-state index contributed by atoms with van der Waals surface area (Å²) in [5.74, 6) is 1.15. The van der Waals surface area contributed by atoms with Crippen LogP contribution in [0.25, 0.3) is 66.1 Å². The lowest BCUT2D eigenvalue weighted by Gasteiger charge is -2.15. The van der Waals surface area contributed by atoms with E-state index < -0.39 is 16.1 Å². The van der Waals surface area contributed by atoms with Gasteiger partial charge in [0.1, 0.15) is 25.8 Å². The molecule has 0 radical (unpaired) electrons. The first-order chi connectivity index (χ1) is 32.8. The number of aryl methyl sites for hydroxylation is 2. The van der Waals surface area contributed by atoms with Gasteiger partial charge in [-0.1, -0.05) is 86.7 Å².